The highest BCUT2D eigenvalue weighted by Crippen LogP contribution is 2.48. The number of aromatic nitrogens is 2. The summed E-state index contributed by atoms with van der Waals surface area (Å²) in [5.74, 6) is -0.383. The van der Waals surface area contributed by atoms with Crippen LogP contribution in [0.25, 0.3) is 11.1 Å². The molecular formula is C26H27N4O4+. The monoisotopic (exact) mass is 459 g/mol. The predicted octanol–water partition coefficient (Wildman–Crippen LogP) is 2.48. The van der Waals surface area contributed by atoms with Crippen LogP contribution in [0.2, 0.25) is 0 Å². The quantitative estimate of drug-likeness (QED) is 0.449. The fourth-order valence-corrected chi connectivity index (χ4v) is 5.18. The van der Waals surface area contributed by atoms with Crippen LogP contribution in [0.5, 0.6) is 0 Å². The zero-order valence-corrected chi connectivity index (χ0v) is 19.0. The second-order valence-electron chi connectivity index (χ2n) is 9.30. The zero-order chi connectivity index (χ0) is 23.8. The number of nitrogens with zero attached hydrogens (tertiary/aromatic N) is 3. The first-order valence-electron chi connectivity index (χ1n) is 11.4. The number of aliphatic hydroxyl groups is 1. The Bertz CT molecular complexity index is 1190. The smallest absolute Gasteiger partial charge is 0.348 e. The highest BCUT2D eigenvalue weighted by atomic mass is 16.6. The number of carbonyl (C=O) groups is 2. The Labute approximate surface area is 197 Å². The van der Waals surface area contributed by atoms with Crippen molar-refractivity contribution >= 4 is 17.7 Å². The molecule has 2 heterocycles. The van der Waals surface area contributed by atoms with Gasteiger partial charge in [0.2, 0.25) is 5.60 Å². The molecule has 0 radical (unpaired) electrons. The second kappa shape index (κ2) is 8.62. The number of nitrogens with one attached hydrogen (secondary N) is 1. The third-order valence-electron chi connectivity index (χ3n) is 6.74. The molecule has 8 heteroatoms. The SMILES string of the molecule is C[N@@+]1(CC(=O)Nc2ccncn2)CCCC(OC(=O)C2(O)c3ccccc3-c3ccccc32)C1. The lowest BCUT2D eigenvalue weighted by atomic mass is 9.91. The van der Waals surface area contributed by atoms with Gasteiger partial charge in [-0.15, -0.1) is 0 Å². The minimum Gasteiger partial charge on any atom is -0.454 e. The van der Waals surface area contributed by atoms with E-state index in [9.17, 15) is 14.7 Å². The van der Waals surface area contributed by atoms with E-state index < -0.39 is 17.7 Å². The molecule has 1 saturated heterocycles. The van der Waals surface area contributed by atoms with Gasteiger partial charge in [0, 0.05) is 23.7 Å². The molecule has 0 spiro atoms. The molecule has 1 aliphatic heterocycles. The number of carbonyl (C=O) groups excluding carboxylic acids is 2. The van der Waals surface area contributed by atoms with E-state index in [1.54, 1.807) is 24.4 Å². The Morgan fingerprint density at radius 1 is 1.12 bits per heavy atom. The number of likely N-dealkylation sites (tertiary alicyclic amines) is 1. The van der Waals surface area contributed by atoms with Crippen molar-refractivity contribution in [1.29, 1.82) is 0 Å². The van der Waals surface area contributed by atoms with Gasteiger partial charge in [-0.1, -0.05) is 48.5 Å². The summed E-state index contributed by atoms with van der Waals surface area (Å²) < 4.78 is 6.36. The fourth-order valence-electron chi connectivity index (χ4n) is 5.18. The number of quaternary nitrogens is 1. The lowest BCUT2D eigenvalue weighted by Gasteiger charge is -2.40. The maximum atomic E-state index is 13.5. The molecule has 1 aromatic heterocycles. The number of anilines is 1. The van der Waals surface area contributed by atoms with Gasteiger partial charge in [0.25, 0.3) is 5.91 Å². The van der Waals surface area contributed by atoms with Crippen LogP contribution in [0.1, 0.15) is 24.0 Å². The van der Waals surface area contributed by atoms with Crippen LogP contribution in [0.4, 0.5) is 5.82 Å². The predicted molar refractivity (Wildman–Crippen MR) is 125 cm³/mol. The van der Waals surface area contributed by atoms with Crippen molar-refractivity contribution in [2.75, 3.05) is 32.0 Å². The van der Waals surface area contributed by atoms with Crippen LogP contribution in [0.15, 0.2) is 67.1 Å². The molecule has 3 aromatic rings. The Morgan fingerprint density at radius 2 is 1.79 bits per heavy atom. The van der Waals surface area contributed by atoms with Gasteiger partial charge >= 0.3 is 5.97 Å². The number of esters is 1. The van der Waals surface area contributed by atoms with Crippen molar-refractivity contribution < 1.29 is 23.9 Å². The maximum absolute atomic E-state index is 13.5. The molecule has 2 atom stereocenters. The second-order valence-corrected chi connectivity index (χ2v) is 9.30. The first-order chi connectivity index (χ1) is 16.4. The molecule has 174 valence electrons. The standard InChI is InChI=1S/C26H26N4O4/c1-30(16-24(31)29-23-12-13-27-17-28-23)14-6-7-18(15-30)34-25(32)26(33)21-10-4-2-8-19(21)20-9-3-5-11-22(20)26/h2-5,8-13,17-18,33H,6-7,14-16H2,1H3/p+1/t18?,30-/m1/s1. The number of benzene rings is 2. The summed E-state index contributed by atoms with van der Waals surface area (Å²) in [6.45, 7) is 1.51. The molecule has 2 N–H and O–H groups in total. The van der Waals surface area contributed by atoms with Gasteiger partial charge < -0.3 is 19.6 Å². The van der Waals surface area contributed by atoms with E-state index in [1.807, 2.05) is 43.4 Å². The van der Waals surface area contributed by atoms with E-state index >= 15 is 0 Å². The molecule has 2 aromatic carbocycles. The molecular weight excluding hydrogens is 432 g/mol. The van der Waals surface area contributed by atoms with Gasteiger partial charge in [-0.3, -0.25) is 4.79 Å². The molecule has 34 heavy (non-hydrogen) atoms. The van der Waals surface area contributed by atoms with Crippen LogP contribution in [-0.4, -0.2) is 64.2 Å². The number of hydrogen-bond donors (Lipinski definition) is 2. The largest absolute Gasteiger partial charge is 0.454 e. The van der Waals surface area contributed by atoms with Crippen LogP contribution in [-0.2, 0) is 19.9 Å². The minimum absolute atomic E-state index is 0.162. The normalized spacial score (nSPS) is 22.4. The van der Waals surface area contributed by atoms with E-state index in [0.29, 0.717) is 34.4 Å². The van der Waals surface area contributed by atoms with E-state index in [1.165, 1.54) is 6.33 Å². The first-order valence-corrected chi connectivity index (χ1v) is 11.4. The van der Waals surface area contributed by atoms with Crippen molar-refractivity contribution in [2.24, 2.45) is 0 Å². The summed E-state index contributed by atoms with van der Waals surface area (Å²) in [6, 6.07) is 16.4. The van der Waals surface area contributed by atoms with Crippen LogP contribution in [0, 0.1) is 0 Å². The lowest BCUT2D eigenvalue weighted by molar-refractivity contribution is -0.909. The summed E-state index contributed by atoms with van der Waals surface area (Å²) in [5.41, 5.74) is 0.904. The molecule has 1 unspecified atom stereocenters. The fraction of sp³-hybridized carbons (Fsp3) is 0.308. The molecule has 1 aliphatic carbocycles. The van der Waals surface area contributed by atoms with Crippen LogP contribution >= 0.6 is 0 Å². The average Bonchev–Trinajstić information content (AvgIpc) is 3.09. The van der Waals surface area contributed by atoms with Crippen molar-refractivity contribution in [2.45, 2.75) is 24.5 Å². The van der Waals surface area contributed by atoms with Gasteiger partial charge in [0.05, 0.1) is 13.6 Å². The van der Waals surface area contributed by atoms with E-state index in [-0.39, 0.29) is 12.5 Å². The first kappa shape index (κ1) is 22.2. The summed E-state index contributed by atoms with van der Waals surface area (Å²) >= 11 is 0. The van der Waals surface area contributed by atoms with E-state index in [2.05, 4.69) is 15.3 Å². The van der Waals surface area contributed by atoms with Crippen molar-refractivity contribution in [3.63, 3.8) is 0 Å². The molecule has 0 saturated carbocycles. The number of rotatable bonds is 5. The minimum atomic E-state index is -1.85. The van der Waals surface area contributed by atoms with Crippen molar-refractivity contribution in [3.05, 3.63) is 78.2 Å². The molecule has 1 fully saturated rings. The van der Waals surface area contributed by atoms with E-state index in [4.69, 9.17) is 4.74 Å². The molecule has 2 aliphatic rings. The number of amides is 1. The number of likely N-dealkylation sites (N-methyl/N-ethyl adjacent to an activating group) is 1. The van der Waals surface area contributed by atoms with Crippen LogP contribution < -0.4 is 5.32 Å². The highest BCUT2D eigenvalue weighted by Gasteiger charge is 2.50. The number of ether oxygens (including phenoxy) is 1. The Morgan fingerprint density at radius 3 is 2.44 bits per heavy atom. The third-order valence-corrected chi connectivity index (χ3v) is 6.74. The van der Waals surface area contributed by atoms with Crippen molar-refractivity contribution in [3.8, 4) is 11.1 Å². The topological polar surface area (TPSA) is 101 Å². The number of fused-ring (bicyclic) bond motifs is 3. The summed E-state index contributed by atoms with van der Waals surface area (Å²) in [6.07, 6.45) is 4.04. The lowest BCUT2D eigenvalue weighted by Crippen LogP contribution is -2.57. The van der Waals surface area contributed by atoms with Crippen LogP contribution in [0.3, 0.4) is 0 Å². The Kier molecular flexibility index (Phi) is 5.63. The molecule has 5 rings (SSSR count). The van der Waals surface area contributed by atoms with Gasteiger partial charge in [-0.25, -0.2) is 14.8 Å². The van der Waals surface area contributed by atoms with Gasteiger partial charge in [-0.2, -0.15) is 0 Å². The van der Waals surface area contributed by atoms with Gasteiger partial charge in [0.1, 0.15) is 18.7 Å². The molecule has 8 nitrogen and oxygen atoms in total. The number of hydrogen-bond acceptors (Lipinski definition) is 6. The zero-order valence-electron chi connectivity index (χ0n) is 19.0. The summed E-state index contributed by atoms with van der Waals surface area (Å²) in [5, 5.41) is 14.5. The third kappa shape index (κ3) is 3.95. The highest BCUT2D eigenvalue weighted by molar-refractivity contribution is 5.96. The average molecular weight is 460 g/mol. The number of piperidine rings is 1. The van der Waals surface area contributed by atoms with Gasteiger partial charge in [-0.05, 0) is 23.6 Å². The molecule has 1 amide bonds. The Hall–Kier alpha value is -3.62. The van der Waals surface area contributed by atoms with Gasteiger partial charge in [0.15, 0.2) is 12.6 Å². The van der Waals surface area contributed by atoms with E-state index in [0.717, 1.165) is 24.1 Å². The Balaban J connectivity index is 1.31. The maximum Gasteiger partial charge on any atom is 0.348 e. The summed E-state index contributed by atoms with van der Waals surface area (Å²) in [7, 11) is 1.98. The van der Waals surface area contributed by atoms with Crippen molar-refractivity contribution in [1.82, 2.24) is 9.97 Å². The molecule has 0 bridgehead atoms. The summed E-state index contributed by atoms with van der Waals surface area (Å²) in [4.78, 5) is 34.0.